The van der Waals surface area contributed by atoms with Crippen molar-refractivity contribution in [1.82, 2.24) is 10.2 Å². The lowest BCUT2D eigenvalue weighted by atomic mass is 10.1. The number of nitrogens with zero attached hydrogens (tertiary/aromatic N) is 1. The first-order valence-electron chi connectivity index (χ1n) is 7.11. The van der Waals surface area contributed by atoms with Crippen LogP contribution < -0.4 is 5.32 Å². The number of carbonyl (C=O) groups excluding carboxylic acids is 1. The standard InChI is InChI=1S/C16H20N2O4S/c1-12(14-4-6-15(7-5-14)23(3,20)21)18(2)16(19)17-10-13-8-9-22-11-13/h4-9,11-12H,10H2,1-3H3,(H,17,19)/t12-/m1/s1. The van der Waals surface area contributed by atoms with Gasteiger partial charge in [0.05, 0.1) is 23.5 Å². The maximum absolute atomic E-state index is 12.2. The molecule has 0 saturated heterocycles. The van der Waals surface area contributed by atoms with Crippen molar-refractivity contribution < 1.29 is 17.6 Å². The van der Waals surface area contributed by atoms with Gasteiger partial charge < -0.3 is 14.6 Å². The summed E-state index contributed by atoms with van der Waals surface area (Å²) in [6.45, 7) is 2.27. The number of hydrogen-bond donors (Lipinski definition) is 1. The molecule has 0 aliphatic heterocycles. The zero-order chi connectivity index (χ0) is 17.0. The molecule has 0 unspecified atom stereocenters. The van der Waals surface area contributed by atoms with Crippen molar-refractivity contribution in [3.8, 4) is 0 Å². The lowest BCUT2D eigenvalue weighted by Crippen LogP contribution is -2.38. The highest BCUT2D eigenvalue weighted by Gasteiger charge is 2.18. The van der Waals surface area contributed by atoms with Crippen molar-refractivity contribution in [2.24, 2.45) is 0 Å². The number of amides is 2. The molecule has 1 aromatic carbocycles. The van der Waals surface area contributed by atoms with Crippen molar-refractivity contribution in [3.63, 3.8) is 0 Å². The Morgan fingerprint density at radius 1 is 1.26 bits per heavy atom. The molecule has 23 heavy (non-hydrogen) atoms. The molecule has 6 nitrogen and oxygen atoms in total. The minimum Gasteiger partial charge on any atom is -0.472 e. The van der Waals surface area contributed by atoms with Gasteiger partial charge in [0, 0.05) is 25.4 Å². The van der Waals surface area contributed by atoms with Gasteiger partial charge in [0.25, 0.3) is 0 Å². The van der Waals surface area contributed by atoms with E-state index >= 15 is 0 Å². The Balaban J connectivity index is 2.00. The van der Waals surface area contributed by atoms with Crippen LogP contribution in [-0.2, 0) is 16.4 Å². The van der Waals surface area contributed by atoms with E-state index in [-0.39, 0.29) is 17.0 Å². The quantitative estimate of drug-likeness (QED) is 0.910. The summed E-state index contributed by atoms with van der Waals surface area (Å²) in [4.78, 5) is 14.0. The van der Waals surface area contributed by atoms with Crippen LogP contribution in [-0.4, -0.2) is 32.7 Å². The zero-order valence-corrected chi connectivity index (χ0v) is 14.1. The summed E-state index contributed by atoms with van der Waals surface area (Å²) in [5, 5.41) is 2.80. The minimum atomic E-state index is -3.22. The Bertz CT molecular complexity index is 752. The smallest absolute Gasteiger partial charge is 0.317 e. The maximum atomic E-state index is 12.2. The molecule has 2 aromatic rings. The van der Waals surface area contributed by atoms with Gasteiger partial charge in [-0.15, -0.1) is 0 Å². The van der Waals surface area contributed by atoms with Crippen molar-refractivity contribution in [2.45, 2.75) is 24.4 Å². The van der Waals surface area contributed by atoms with Gasteiger partial charge in [-0.3, -0.25) is 0 Å². The number of rotatable bonds is 5. The van der Waals surface area contributed by atoms with E-state index in [9.17, 15) is 13.2 Å². The number of carbonyl (C=O) groups is 1. The second kappa shape index (κ2) is 6.87. The van der Waals surface area contributed by atoms with Crippen LogP contribution in [0.25, 0.3) is 0 Å². The second-order valence-electron chi connectivity index (χ2n) is 5.42. The number of benzene rings is 1. The molecule has 2 amide bonds. The van der Waals surface area contributed by atoms with E-state index in [4.69, 9.17) is 4.42 Å². The fourth-order valence-corrected chi connectivity index (χ4v) is 2.72. The number of nitrogens with one attached hydrogen (secondary N) is 1. The number of hydrogen-bond acceptors (Lipinski definition) is 4. The van der Waals surface area contributed by atoms with Crippen LogP contribution in [0.2, 0.25) is 0 Å². The first kappa shape index (κ1) is 17.1. The predicted molar refractivity (Wildman–Crippen MR) is 86.7 cm³/mol. The predicted octanol–water partition coefficient (Wildman–Crippen LogP) is 2.59. The first-order chi connectivity index (χ1) is 10.8. The molecule has 1 heterocycles. The average Bonchev–Trinajstić information content (AvgIpc) is 3.04. The number of furan rings is 1. The third-order valence-corrected chi connectivity index (χ3v) is 4.84. The van der Waals surface area contributed by atoms with Crippen molar-refractivity contribution in [3.05, 3.63) is 54.0 Å². The van der Waals surface area contributed by atoms with Gasteiger partial charge in [0.1, 0.15) is 0 Å². The summed E-state index contributed by atoms with van der Waals surface area (Å²) in [5.74, 6) is 0. The van der Waals surface area contributed by atoms with E-state index in [2.05, 4.69) is 5.32 Å². The Hall–Kier alpha value is -2.28. The van der Waals surface area contributed by atoms with E-state index in [0.29, 0.717) is 6.54 Å². The molecule has 0 radical (unpaired) electrons. The van der Waals surface area contributed by atoms with Crippen LogP contribution >= 0.6 is 0 Å². The van der Waals surface area contributed by atoms with Gasteiger partial charge in [0.2, 0.25) is 0 Å². The van der Waals surface area contributed by atoms with Crippen LogP contribution in [0.4, 0.5) is 4.79 Å². The number of urea groups is 1. The van der Waals surface area contributed by atoms with Crippen LogP contribution in [0.5, 0.6) is 0 Å². The van der Waals surface area contributed by atoms with Gasteiger partial charge in [-0.2, -0.15) is 0 Å². The fourth-order valence-electron chi connectivity index (χ4n) is 2.09. The van der Waals surface area contributed by atoms with E-state index in [1.54, 1.807) is 54.8 Å². The first-order valence-corrected chi connectivity index (χ1v) is 9.00. The molecule has 0 bridgehead atoms. The highest BCUT2D eigenvalue weighted by atomic mass is 32.2. The molecular formula is C16H20N2O4S. The lowest BCUT2D eigenvalue weighted by Gasteiger charge is -2.25. The molecule has 0 fully saturated rings. The second-order valence-corrected chi connectivity index (χ2v) is 7.43. The Morgan fingerprint density at radius 2 is 1.91 bits per heavy atom. The van der Waals surface area contributed by atoms with Crippen LogP contribution in [0.3, 0.4) is 0 Å². The Kier molecular flexibility index (Phi) is 5.10. The minimum absolute atomic E-state index is 0.187. The normalized spacial score (nSPS) is 12.7. The molecule has 1 atom stereocenters. The van der Waals surface area contributed by atoms with E-state index in [1.807, 2.05) is 6.92 Å². The van der Waals surface area contributed by atoms with Crippen molar-refractivity contribution in [1.29, 1.82) is 0 Å². The van der Waals surface area contributed by atoms with E-state index < -0.39 is 9.84 Å². The Labute approximate surface area is 136 Å². The van der Waals surface area contributed by atoms with Gasteiger partial charge in [-0.25, -0.2) is 13.2 Å². The summed E-state index contributed by atoms with van der Waals surface area (Å²) in [7, 11) is -1.52. The van der Waals surface area contributed by atoms with Crippen LogP contribution in [0, 0.1) is 0 Å². The molecule has 1 aromatic heterocycles. The summed E-state index contributed by atoms with van der Waals surface area (Å²) < 4.78 is 27.9. The van der Waals surface area contributed by atoms with Crippen LogP contribution in [0.15, 0.2) is 52.2 Å². The molecule has 0 aliphatic carbocycles. The monoisotopic (exact) mass is 336 g/mol. The van der Waals surface area contributed by atoms with Gasteiger partial charge in [-0.1, -0.05) is 12.1 Å². The summed E-state index contributed by atoms with van der Waals surface area (Å²) in [6.07, 6.45) is 4.30. The van der Waals surface area contributed by atoms with Crippen molar-refractivity contribution in [2.75, 3.05) is 13.3 Å². The SMILES string of the molecule is C[C@H](c1ccc(S(C)(=O)=O)cc1)N(C)C(=O)NCc1ccoc1. The topological polar surface area (TPSA) is 79.6 Å². The summed E-state index contributed by atoms with van der Waals surface area (Å²) in [5.41, 5.74) is 1.75. The number of sulfone groups is 1. The van der Waals surface area contributed by atoms with E-state index in [1.165, 1.54) is 6.26 Å². The highest BCUT2D eigenvalue weighted by molar-refractivity contribution is 7.90. The zero-order valence-electron chi connectivity index (χ0n) is 13.3. The van der Waals surface area contributed by atoms with E-state index in [0.717, 1.165) is 11.1 Å². The fraction of sp³-hybridized carbons (Fsp3) is 0.312. The third-order valence-electron chi connectivity index (χ3n) is 3.72. The average molecular weight is 336 g/mol. The summed E-state index contributed by atoms with van der Waals surface area (Å²) in [6, 6.07) is 7.94. The molecule has 7 heteroatoms. The summed E-state index contributed by atoms with van der Waals surface area (Å²) >= 11 is 0. The van der Waals surface area contributed by atoms with Crippen molar-refractivity contribution >= 4 is 15.9 Å². The molecule has 0 saturated carbocycles. The molecule has 1 N–H and O–H groups in total. The van der Waals surface area contributed by atoms with Gasteiger partial charge >= 0.3 is 6.03 Å². The van der Waals surface area contributed by atoms with Gasteiger partial charge in [0.15, 0.2) is 9.84 Å². The Morgan fingerprint density at radius 3 is 2.43 bits per heavy atom. The highest BCUT2D eigenvalue weighted by Crippen LogP contribution is 2.20. The molecule has 124 valence electrons. The molecule has 2 rings (SSSR count). The molecule has 0 aliphatic rings. The van der Waals surface area contributed by atoms with Crippen LogP contribution in [0.1, 0.15) is 24.1 Å². The third kappa shape index (κ3) is 4.35. The largest absolute Gasteiger partial charge is 0.472 e. The maximum Gasteiger partial charge on any atom is 0.317 e. The lowest BCUT2D eigenvalue weighted by molar-refractivity contribution is 0.194. The molecule has 0 spiro atoms. The van der Waals surface area contributed by atoms with Gasteiger partial charge in [-0.05, 0) is 30.7 Å². The molecular weight excluding hydrogens is 316 g/mol.